The van der Waals surface area contributed by atoms with Crippen LogP contribution in [0.2, 0.25) is 5.02 Å². The van der Waals surface area contributed by atoms with Crippen molar-refractivity contribution in [3.05, 3.63) is 64.7 Å². The molecule has 14 nitrogen and oxygen atoms in total. The van der Waals surface area contributed by atoms with Crippen molar-refractivity contribution in [1.82, 2.24) is 20.8 Å². The van der Waals surface area contributed by atoms with Gasteiger partial charge in [-0.2, -0.15) is 10.2 Å². The lowest BCUT2D eigenvalue weighted by Crippen LogP contribution is -2.51. The van der Waals surface area contributed by atoms with Crippen molar-refractivity contribution in [2.24, 2.45) is 10.8 Å². The molecule has 0 bridgehead atoms. The predicted octanol–water partition coefficient (Wildman–Crippen LogP) is 2.59. The van der Waals surface area contributed by atoms with E-state index in [1.54, 1.807) is 65.8 Å². The smallest absolute Gasteiger partial charge is 0.337 e. The van der Waals surface area contributed by atoms with Crippen molar-refractivity contribution in [2.75, 3.05) is 18.5 Å². The highest BCUT2D eigenvalue weighted by molar-refractivity contribution is 7.88. The Morgan fingerprint density at radius 2 is 1.41 bits per heavy atom. The third-order valence-corrected chi connectivity index (χ3v) is 7.50. The molecule has 2 aromatic rings. The number of guanidine groups is 1. The van der Waals surface area contributed by atoms with Crippen molar-refractivity contribution in [2.45, 2.75) is 59.9 Å². The van der Waals surface area contributed by atoms with Crippen molar-refractivity contribution in [3.8, 4) is 0 Å². The van der Waals surface area contributed by atoms with Crippen molar-refractivity contribution in [3.63, 3.8) is 0 Å². The normalized spacial score (nSPS) is 12.3. The fourth-order valence-corrected chi connectivity index (χ4v) is 4.73. The summed E-state index contributed by atoms with van der Waals surface area (Å²) in [7, 11) is -4.07. The minimum absolute atomic E-state index is 0.105. The number of hydroxylamine groups is 1. The number of carbonyl (C=O) groups excluding carboxylic acids is 4. The van der Waals surface area contributed by atoms with Gasteiger partial charge in [-0.25, -0.2) is 13.2 Å². The lowest BCUT2D eigenvalue weighted by atomic mass is 9.97. The summed E-state index contributed by atoms with van der Waals surface area (Å²) < 4.78 is 33.1. The second kappa shape index (κ2) is 16.4. The van der Waals surface area contributed by atoms with Gasteiger partial charge < -0.3 is 25.5 Å². The zero-order valence-electron chi connectivity index (χ0n) is 26.6. The Kier molecular flexibility index (Phi) is 13.5. The average molecular weight is 681 g/mol. The first-order valence-electron chi connectivity index (χ1n) is 14.1. The van der Waals surface area contributed by atoms with Crippen molar-refractivity contribution < 1.29 is 37.2 Å². The SMILES string of the molecule is CC(C)(C)C(=O)OC[C@@H](NS(=O)(=O)Cc1ccc(Cl)cc1)C(=O)NCC(=O)NCc1ccc(NC(=N)NOC(=O)C(C)(C)C)cc1. The molecule has 46 heavy (non-hydrogen) atoms. The molecule has 0 aromatic heterocycles. The van der Waals surface area contributed by atoms with Crippen LogP contribution in [0.25, 0.3) is 0 Å². The Labute approximate surface area is 273 Å². The van der Waals surface area contributed by atoms with Gasteiger partial charge >= 0.3 is 11.9 Å². The van der Waals surface area contributed by atoms with Crippen LogP contribution in [0, 0.1) is 16.2 Å². The largest absolute Gasteiger partial charge is 0.463 e. The van der Waals surface area contributed by atoms with E-state index in [1.165, 1.54) is 24.3 Å². The number of ether oxygens (including phenoxy) is 1. The molecule has 0 saturated heterocycles. The molecule has 2 amide bonds. The maximum atomic E-state index is 12.9. The van der Waals surface area contributed by atoms with Gasteiger partial charge in [0.1, 0.15) is 12.6 Å². The number of anilines is 1. The summed E-state index contributed by atoms with van der Waals surface area (Å²) in [5, 5.41) is 16.0. The van der Waals surface area contributed by atoms with Crippen molar-refractivity contribution in [1.29, 1.82) is 5.41 Å². The van der Waals surface area contributed by atoms with E-state index in [4.69, 9.17) is 26.6 Å². The molecule has 0 aliphatic carbocycles. The summed E-state index contributed by atoms with van der Waals surface area (Å²) in [4.78, 5) is 54.3. The Hall–Kier alpha value is -4.21. The lowest BCUT2D eigenvalue weighted by molar-refractivity contribution is -0.157. The van der Waals surface area contributed by atoms with E-state index >= 15 is 0 Å². The average Bonchev–Trinajstić information content (AvgIpc) is 2.96. The van der Waals surface area contributed by atoms with Gasteiger partial charge in [0.05, 0.1) is 23.1 Å². The number of sulfonamides is 1. The molecule has 1 atom stereocenters. The van der Waals surface area contributed by atoms with Gasteiger partial charge in [0.2, 0.25) is 27.8 Å². The standard InChI is InChI=1S/C30H41ClN6O8S/c1-29(2,3)26(40)44-17-23(37-46(42,43)18-20-7-11-21(31)12-8-20)25(39)34-16-24(38)33-15-19-9-13-22(14-10-19)35-28(32)36-45-27(41)30(4,5)6/h7-14,23,37H,15-18H2,1-6H3,(H,33,38)(H,34,39)(H3,32,35,36)/t23-/m1/s1. The number of benzene rings is 2. The summed E-state index contributed by atoms with van der Waals surface area (Å²) in [6.45, 7) is 8.91. The number of carbonyl (C=O) groups is 4. The summed E-state index contributed by atoms with van der Waals surface area (Å²) in [5.41, 5.74) is 2.24. The van der Waals surface area contributed by atoms with Gasteiger partial charge in [-0.15, -0.1) is 0 Å². The van der Waals surface area contributed by atoms with Gasteiger partial charge in [0.15, 0.2) is 0 Å². The molecule has 6 N–H and O–H groups in total. The van der Waals surface area contributed by atoms with E-state index in [0.717, 1.165) is 0 Å². The highest BCUT2D eigenvalue weighted by Gasteiger charge is 2.30. The van der Waals surface area contributed by atoms with Crippen LogP contribution in [0.5, 0.6) is 0 Å². The minimum atomic E-state index is -4.07. The third kappa shape index (κ3) is 13.8. The summed E-state index contributed by atoms with van der Waals surface area (Å²) >= 11 is 5.86. The molecule has 0 spiro atoms. The fraction of sp³-hybridized carbons (Fsp3) is 0.433. The monoisotopic (exact) mass is 680 g/mol. The Balaban J connectivity index is 1.91. The molecule has 252 valence electrons. The maximum absolute atomic E-state index is 12.9. The Morgan fingerprint density at radius 3 is 1.98 bits per heavy atom. The highest BCUT2D eigenvalue weighted by Crippen LogP contribution is 2.16. The van der Waals surface area contributed by atoms with Crippen LogP contribution in [-0.4, -0.2) is 57.3 Å². The van der Waals surface area contributed by atoms with E-state index in [2.05, 4.69) is 26.2 Å². The first-order chi connectivity index (χ1) is 21.2. The fourth-order valence-electron chi connectivity index (χ4n) is 3.28. The van der Waals surface area contributed by atoms with Crippen LogP contribution in [-0.2, 0) is 51.1 Å². The van der Waals surface area contributed by atoms with Crippen molar-refractivity contribution >= 4 is 57.0 Å². The number of halogens is 1. The van der Waals surface area contributed by atoms with Crippen LogP contribution in [0.1, 0.15) is 52.7 Å². The van der Waals surface area contributed by atoms with Crippen LogP contribution in [0.4, 0.5) is 5.69 Å². The topological polar surface area (TPSA) is 205 Å². The zero-order valence-corrected chi connectivity index (χ0v) is 28.1. The van der Waals surface area contributed by atoms with Gasteiger partial charge in [0, 0.05) is 17.3 Å². The molecule has 0 unspecified atom stereocenters. The van der Waals surface area contributed by atoms with Crippen LogP contribution < -0.4 is 26.2 Å². The van der Waals surface area contributed by atoms with Gasteiger partial charge in [-0.3, -0.25) is 19.8 Å². The lowest BCUT2D eigenvalue weighted by Gasteiger charge is -2.21. The summed E-state index contributed by atoms with van der Waals surface area (Å²) in [6.07, 6.45) is 0. The Morgan fingerprint density at radius 1 is 0.848 bits per heavy atom. The van der Waals surface area contributed by atoms with Crippen LogP contribution in [0.3, 0.4) is 0 Å². The Bertz CT molecular complexity index is 1500. The first-order valence-corrected chi connectivity index (χ1v) is 16.2. The predicted molar refractivity (Wildman–Crippen MR) is 173 cm³/mol. The molecule has 0 heterocycles. The second-order valence-electron chi connectivity index (χ2n) is 12.3. The molecule has 0 saturated carbocycles. The number of hydrogen-bond donors (Lipinski definition) is 6. The van der Waals surface area contributed by atoms with Gasteiger partial charge in [-0.1, -0.05) is 35.9 Å². The van der Waals surface area contributed by atoms with E-state index in [-0.39, 0.29) is 12.5 Å². The summed E-state index contributed by atoms with van der Waals surface area (Å²) in [6, 6.07) is 11.3. The van der Waals surface area contributed by atoms with Gasteiger partial charge in [-0.05, 0) is 76.9 Å². The number of hydrogen-bond acceptors (Lipinski definition) is 9. The molecule has 0 radical (unpaired) electrons. The third-order valence-electron chi connectivity index (χ3n) is 5.90. The first kappa shape index (κ1) is 38.0. The van der Waals surface area contributed by atoms with Crippen LogP contribution in [0.15, 0.2) is 48.5 Å². The zero-order chi connectivity index (χ0) is 34.7. The summed E-state index contributed by atoms with van der Waals surface area (Å²) in [5.74, 6) is -3.31. The molecular weight excluding hydrogens is 640 g/mol. The quantitative estimate of drug-likeness (QED) is 0.0836. The minimum Gasteiger partial charge on any atom is -0.463 e. The molecule has 0 aliphatic heterocycles. The van der Waals surface area contributed by atoms with E-state index in [9.17, 15) is 27.6 Å². The highest BCUT2D eigenvalue weighted by atomic mass is 35.5. The molecule has 0 aliphatic rings. The van der Waals surface area contributed by atoms with Crippen LogP contribution >= 0.6 is 11.6 Å². The van der Waals surface area contributed by atoms with E-state index in [1.807, 2.05) is 0 Å². The second-order valence-corrected chi connectivity index (χ2v) is 14.5. The van der Waals surface area contributed by atoms with E-state index in [0.29, 0.717) is 21.8 Å². The number of nitrogens with one attached hydrogen (secondary N) is 6. The molecular formula is C30H41ClN6O8S. The van der Waals surface area contributed by atoms with Gasteiger partial charge in [0.25, 0.3) is 0 Å². The number of rotatable bonds is 12. The molecule has 16 heteroatoms. The maximum Gasteiger partial charge on any atom is 0.337 e. The number of amides is 2. The van der Waals surface area contributed by atoms with E-state index < -0.39 is 69.6 Å². The molecule has 2 aromatic carbocycles. The molecule has 2 rings (SSSR count). The molecule has 0 fully saturated rings. The number of esters is 1.